The number of carbonyl (C=O) groups is 1. The summed E-state index contributed by atoms with van der Waals surface area (Å²) in [5, 5.41) is 5.19. The Bertz CT molecular complexity index is 2130. The molecule has 1 aliphatic carbocycles. The zero-order valence-corrected chi connectivity index (χ0v) is 28.8. The third-order valence-electron chi connectivity index (χ3n) is 8.03. The van der Waals surface area contributed by atoms with Crippen molar-refractivity contribution in [2.45, 2.75) is 78.8 Å². The number of rotatable bonds is 8. The number of benzene rings is 2. The number of ether oxygens (including phenoxy) is 5. The Labute approximate surface area is 279 Å². The highest BCUT2D eigenvalue weighted by Gasteiger charge is 2.32. The molecule has 3 heterocycles. The molecule has 0 radical (unpaired) electrons. The Hall–Kier alpha value is -4.96. The van der Waals surface area contributed by atoms with Crippen LogP contribution in [-0.2, 0) is 20.6 Å². The van der Waals surface area contributed by atoms with Crippen LogP contribution in [0.5, 0.6) is 11.5 Å². The molecule has 1 N–H and O–H groups in total. The van der Waals surface area contributed by atoms with Crippen LogP contribution in [0, 0.1) is 0 Å². The molecule has 1 aliphatic rings. The monoisotopic (exact) mass is 654 g/mol. The first-order chi connectivity index (χ1) is 22.8. The highest BCUT2D eigenvalue weighted by atomic mass is 16.6. The maximum Gasteiger partial charge on any atom is 0.412 e. The van der Waals surface area contributed by atoms with E-state index >= 15 is 0 Å². The molecule has 3 aromatic heterocycles. The minimum Gasteiger partial charge on any atom is -0.498 e. The second kappa shape index (κ2) is 12.6. The highest BCUT2D eigenvalue weighted by molar-refractivity contribution is 6.18. The molecule has 252 valence electrons. The summed E-state index contributed by atoms with van der Waals surface area (Å²) < 4.78 is 37.3. The van der Waals surface area contributed by atoms with Gasteiger partial charge in [-0.2, -0.15) is 0 Å². The molecule has 1 unspecified atom stereocenters. The van der Waals surface area contributed by atoms with Crippen molar-refractivity contribution in [2.24, 2.45) is 0 Å². The van der Waals surface area contributed by atoms with Crippen molar-refractivity contribution in [3.8, 4) is 22.6 Å². The maximum atomic E-state index is 14.0. The Balaban J connectivity index is 1.70. The molecule has 0 aliphatic heterocycles. The number of anilines is 1. The lowest BCUT2D eigenvalue weighted by Gasteiger charge is -2.26. The number of fused-ring (bicyclic) bond motifs is 7. The van der Waals surface area contributed by atoms with E-state index in [-0.39, 0.29) is 12.2 Å². The van der Waals surface area contributed by atoms with Crippen molar-refractivity contribution in [3.63, 3.8) is 0 Å². The van der Waals surface area contributed by atoms with Gasteiger partial charge in [0.25, 0.3) is 0 Å². The van der Waals surface area contributed by atoms with Gasteiger partial charge in [0.1, 0.15) is 28.7 Å². The number of hydrogen-bond acceptors (Lipinski definition) is 8. The Morgan fingerprint density at radius 3 is 2.40 bits per heavy atom. The van der Waals surface area contributed by atoms with Crippen molar-refractivity contribution in [1.29, 1.82) is 0 Å². The summed E-state index contributed by atoms with van der Waals surface area (Å²) in [6.07, 6.45) is 2.98. The van der Waals surface area contributed by atoms with Gasteiger partial charge in [0.2, 0.25) is 0 Å². The van der Waals surface area contributed by atoms with E-state index in [1.165, 1.54) is 0 Å². The summed E-state index contributed by atoms with van der Waals surface area (Å²) in [6.45, 7) is 13.3. The minimum absolute atomic E-state index is 0.0593. The van der Waals surface area contributed by atoms with Crippen LogP contribution < -0.4 is 20.4 Å². The molecule has 0 spiro atoms. The fourth-order valence-electron chi connectivity index (χ4n) is 6.34. The lowest BCUT2D eigenvalue weighted by Crippen LogP contribution is -2.27. The Kier molecular flexibility index (Phi) is 8.63. The van der Waals surface area contributed by atoms with Crippen molar-refractivity contribution in [2.75, 3.05) is 19.5 Å². The largest absolute Gasteiger partial charge is 0.498 e. The first kappa shape index (κ1) is 33.0. The third-order valence-corrected chi connectivity index (χ3v) is 8.03. The van der Waals surface area contributed by atoms with Crippen molar-refractivity contribution in [3.05, 3.63) is 76.2 Å². The second-order valence-corrected chi connectivity index (χ2v) is 13.4. The molecule has 6 rings (SSSR count). The number of pyridine rings is 1. The molecule has 0 fully saturated rings. The molecule has 1 amide bonds. The molecular formula is C38H42N2O8. The van der Waals surface area contributed by atoms with Crippen LogP contribution >= 0.6 is 0 Å². The predicted octanol–water partition coefficient (Wildman–Crippen LogP) is 8.35. The zero-order valence-electron chi connectivity index (χ0n) is 28.8. The van der Waals surface area contributed by atoms with E-state index in [1.54, 1.807) is 14.2 Å². The zero-order chi connectivity index (χ0) is 34.5. The van der Waals surface area contributed by atoms with Gasteiger partial charge >= 0.3 is 11.7 Å². The average molecular weight is 655 g/mol. The summed E-state index contributed by atoms with van der Waals surface area (Å²) in [4.78, 5) is 26.8. The molecule has 5 aromatic rings. The van der Waals surface area contributed by atoms with Gasteiger partial charge in [-0.1, -0.05) is 18.2 Å². The molecule has 10 heteroatoms. The SMILES string of the molecule is COC1=Cc2c(oc(=O)c3c2c(-c2ccc(OC(C)C)c(OC)c2)c2c4cccc(NC(=O)OC(C)(C)C)c4ccn23)CC1OC(C)C. The first-order valence-corrected chi connectivity index (χ1v) is 16.1. The van der Waals surface area contributed by atoms with Gasteiger partial charge in [-0.3, -0.25) is 5.32 Å². The standard InChI is InChI=1S/C38H42N2O8/c1-20(2)45-27-14-13-22(17-29(27)43-8)32-33-25-18-30(44-9)31(46-21(3)4)19-28(25)47-36(41)35(33)40-16-15-23-24(34(32)40)11-10-12-26(23)39-37(42)48-38(5,6)7/h10-18,20-21,31H,19H2,1-9H3,(H,39,42). The van der Waals surface area contributed by atoms with Gasteiger partial charge in [0.15, 0.2) is 11.5 Å². The van der Waals surface area contributed by atoms with E-state index in [1.807, 2.05) is 108 Å². The van der Waals surface area contributed by atoms with Crippen molar-refractivity contribution >= 4 is 45.0 Å². The van der Waals surface area contributed by atoms with Crippen LogP contribution in [0.4, 0.5) is 10.5 Å². The van der Waals surface area contributed by atoms with Gasteiger partial charge in [0, 0.05) is 39.9 Å². The Morgan fingerprint density at radius 1 is 0.958 bits per heavy atom. The van der Waals surface area contributed by atoms with Crippen LogP contribution in [0.3, 0.4) is 0 Å². The van der Waals surface area contributed by atoms with E-state index in [9.17, 15) is 9.59 Å². The molecule has 0 saturated carbocycles. The number of methoxy groups -OCH3 is 2. The molecule has 1 atom stereocenters. The number of amides is 1. The number of carbonyl (C=O) groups excluding carboxylic acids is 1. The summed E-state index contributed by atoms with van der Waals surface area (Å²) in [5.74, 6) is 2.31. The van der Waals surface area contributed by atoms with Gasteiger partial charge in [-0.25, -0.2) is 9.59 Å². The van der Waals surface area contributed by atoms with Crippen molar-refractivity contribution < 1.29 is 32.9 Å². The van der Waals surface area contributed by atoms with E-state index in [4.69, 9.17) is 28.1 Å². The number of aromatic nitrogens is 1. The average Bonchev–Trinajstić information content (AvgIpc) is 3.36. The first-order valence-electron chi connectivity index (χ1n) is 16.1. The minimum atomic E-state index is -0.667. The lowest BCUT2D eigenvalue weighted by atomic mass is 9.92. The van der Waals surface area contributed by atoms with E-state index in [2.05, 4.69) is 5.32 Å². The summed E-state index contributed by atoms with van der Waals surface area (Å²) in [6, 6.07) is 13.3. The molecule has 0 saturated heterocycles. The van der Waals surface area contributed by atoms with Gasteiger partial charge in [0.05, 0.1) is 37.6 Å². The van der Waals surface area contributed by atoms with Crippen LogP contribution in [0.2, 0.25) is 0 Å². The highest BCUT2D eigenvalue weighted by Crippen LogP contribution is 2.45. The summed E-state index contributed by atoms with van der Waals surface area (Å²) in [7, 11) is 3.22. The smallest absolute Gasteiger partial charge is 0.412 e. The molecular weight excluding hydrogens is 612 g/mol. The Morgan fingerprint density at radius 2 is 1.73 bits per heavy atom. The fourth-order valence-corrected chi connectivity index (χ4v) is 6.34. The van der Waals surface area contributed by atoms with E-state index in [0.29, 0.717) is 46.0 Å². The predicted molar refractivity (Wildman–Crippen MR) is 187 cm³/mol. The van der Waals surface area contributed by atoms with Gasteiger partial charge in [-0.15, -0.1) is 0 Å². The number of hydrogen-bond donors (Lipinski definition) is 1. The molecule has 10 nitrogen and oxygen atoms in total. The summed E-state index contributed by atoms with van der Waals surface area (Å²) >= 11 is 0. The summed E-state index contributed by atoms with van der Waals surface area (Å²) in [5.41, 5.74) is 2.89. The molecule has 48 heavy (non-hydrogen) atoms. The van der Waals surface area contributed by atoms with Gasteiger partial charge < -0.3 is 32.5 Å². The van der Waals surface area contributed by atoms with Crippen LogP contribution in [0.1, 0.15) is 59.8 Å². The van der Waals surface area contributed by atoms with E-state index < -0.39 is 23.4 Å². The van der Waals surface area contributed by atoms with Crippen molar-refractivity contribution in [1.82, 2.24) is 4.40 Å². The van der Waals surface area contributed by atoms with Crippen LogP contribution in [0.25, 0.3) is 44.4 Å². The van der Waals surface area contributed by atoms with Gasteiger partial charge in [-0.05, 0) is 84.4 Å². The third kappa shape index (κ3) is 6.08. The topological polar surface area (TPSA) is 110 Å². The van der Waals surface area contributed by atoms with Crippen LogP contribution in [0.15, 0.2) is 63.6 Å². The van der Waals surface area contributed by atoms with E-state index in [0.717, 1.165) is 33.0 Å². The molecule has 0 bridgehead atoms. The quantitative estimate of drug-likeness (QED) is 0.178. The second-order valence-electron chi connectivity index (χ2n) is 13.4. The van der Waals surface area contributed by atoms with Crippen LogP contribution in [-0.4, -0.2) is 48.6 Å². The molecule has 2 aromatic carbocycles. The maximum absolute atomic E-state index is 14.0. The lowest BCUT2D eigenvalue weighted by molar-refractivity contribution is -0.00193. The number of nitrogens with one attached hydrogen (secondary N) is 1. The number of nitrogens with zero attached hydrogens (tertiary/aromatic N) is 1. The fraction of sp³-hybridized carbons (Fsp3) is 0.368. The normalized spacial score (nSPS) is 14.8.